The van der Waals surface area contributed by atoms with Gasteiger partial charge in [-0.05, 0) is 54.4 Å². The number of pyridine rings is 1. The van der Waals surface area contributed by atoms with Crippen LogP contribution in [0.15, 0.2) is 65.8 Å². The van der Waals surface area contributed by atoms with Crippen LogP contribution in [0.5, 0.6) is 0 Å². The molecule has 1 aromatic heterocycles. The zero-order valence-corrected chi connectivity index (χ0v) is 17.3. The molecule has 0 saturated carbocycles. The standard InChI is InChI=1S/C22H18ClN3O2S/c1-14-17(23)4-2-5-18(14)25-21(28)16-9-7-15(8-10-16)12-26-19-6-3-11-24-22(19)29-13-20(26)27/h2-11H,12-13H2,1H3,(H,25,28). The molecular formula is C22H18ClN3O2S. The molecule has 0 unspecified atom stereocenters. The Morgan fingerprint density at radius 3 is 2.76 bits per heavy atom. The summed E-state index contributed by atoms with van der Waals surface area (Å²) in [6, 6.07) is 16.4. The first-order valence-electron chi connectivity index (χ1n) is 9.06. The van der Waals surface area contributed by atoms with E-state index in [4.69, 9.17) is 11.6 Å². The van der Waals surface area contributed by atoms with E-state index >= 15 is 0 Å². The predicted octanol–water partition coefficient (Wildman–Crippen LogP) is 4.93. The summed E-state index contributed by atoms with van der Waals surface area (Å²) < 4.78 is 0. The molecule has 0 aliphatic carbocycles. The first-order chi connectivity index (χ1) is 14.0. The van der Waals surface area contributed by atoms with E-state index < -0.39 is 0 Å². The lowest BCUT2D eigenvalue weighted by Gasteiger charge is -2.28. The molecule has 0 fully saturated rings. The lowest BCUT2D eigenvalue weighted by Crippen LogP contribution is -2.35. The second-order valence-corrected chi connectivity index (χ2v) is 8.03. The van der Waals surface area contributed by atoms with Gasteiger partial charge in [-0.25, -0.2) is 4.98 Å². The Morgan fingerprint density at radius 2 is 1.97 bits per heavy atom. The molecule has 4 rings (SSSR count). The fourth-order valence-electron chi connectivity index (χ4n) is 3.10. The fourth-order valence-corrected chi connectivity index (χ4v) is 4.15. The third-order valence-corrected chi connectivity index (χ3v) is 6.14. The number of anilines is 2. The molecular weight excluding hydrogens is 406 g/mol. The van der Waals surface area contributed by atoms with E-state index in [-0.39, 0.29) is 11.8 Å². The number of rotatable bonds is 4. The van der Waals surface area contributed by atoms with E-state index in [2.05, 4.69) is 10.3 Å². The van der Waals surface area contributed by atoms with Crippen molar-refractivity contribution in [3.63, 3.8) is 0 Å². The van der Waals surface area contributed by atoms with Gasteiger partial charge in [-0.15, -0.1) is 0 Å². The van der Waals surface area contributed by atoms with Crippen LogP contribution in [0.2, 0.25) is 5.02 Å². The highest BCUT2D eigenvalue weighted by molar-refractivity contribution is 8.00. The van der Waals surface area contributed by atoms with E-state index in [1.807, 2.05) is 37.3 Å². The zero-order valence-electron chi connectivity index (χ0n) is 15.7. The number of hydrogen-bond donors (Lipinski definition) is 1. The first-order valence-corrected chi connectivity index (χ1v) is 10.4. The van der Waals surface area contributed by atoms with Crippen LogP contribution in [0.25, 0.3) is 0 Å². The lowest BCUT2D eigenvalue weighted by molar-refractivity contribution is -0.116. The SMILES string of the molecule is Cc1c(Cl)cccc1NC(=O)c1ccc(CN2C(=O)CSc3ncccc32)cc1. The first kappa shape index (κ1) is 19.5. The summed E-state index contributed by atoms with van der Waals surface area (Å²) in [6.45, 7) is 2.30. The quantitative estimate of drug-likeness (QED) is 0.646. The number of benzene rings is 2. The normalized spacial score (nSPS) is 13.2. The van der Waals surface area contributed by atoms with Crippen LogP contribution < -0.4 is 10.2 Å². The van der Waals surface area contributed by atoms with Gasteiger partial charge in [0.1, 0.15) is 5.03 Å². The molecule has 29 heavy (non-hydrogen) atoms. The Bertz CT molecular complexity index is 1090. The Morgan fingerprint density at radius 1 is 1.17 bits per heavy atom. The van der Waals surface area contributed by atoms with Crippen LogP contribution in [0.3, 0.4) is 0 Å². The maximum Gasteiger partial charge on any atom is 0.255 e. The Balaban J connectivity index is 1.49. The summed E-state index contributed by atoms with van der Waals surface area (Å²) in [7, 11) is 0. The molecule has 0 atom stereocenters. The van der Waals surface area contributed by atoms with E-state index in [9.17, 15) is 9.59 Å². The molecule has 1 N–H and O–H groups in total. The Labute approximate surface area is 178 Å². The second-order valence-electron chi connectivity index (χ2n) is 6.66. The number of thioether (sulfide) groups is 1. The summed E-state index contributed by atoms with van der Waals surface area (Å²) in [6.07, 6.45) is 1.73. The van der Waals surface area contributed by atoms with E-state index in [1.54, 1.807) is 35.4 Å². The molecule has 7 heteroatoms. The molecule has 0 bridgehead atoms. The molecule has 146 valence electrons. The molecule has 0 saturated heterocycles. The molecule has 0 radical (unpaired) electrons. The van der Waals surface area contributed by atoms with Gasteiger partial charge in [0.2, 0.25) is 5.91 Å². The summed E-state index contributed by atoms with van der Waals surface area (Å²) in [4.78, 5) is 31.0. The van der Waals surface area contributed by atoms with Crippen LogP contribution in [0, 0.1) is 6.92 Å². The van der Waals surface area contributed by atoms with E-state index in [0.717, 1.165) is 21.8 Å². The highest BCUT2D eigenvalue weighted by Gasteiger charge is 2.25. The number of nitrogens with zero attached hydrogens (tertiary/aromatic N) is 2. The topological polar surface area (TPSA) is 62.3 Å². The highest BCUT2D eigenvalue weighted by Crippen LogP contribution is 2.34. The Hall–Kier alpha value is -2.83. The van der Waals surface area contributed by atoms with Gasteiger partial charge in [-0.3, -0.25) is 9.59 Å². The second kappa shape index (κ2) is 8.27. The van der Waals surface area contributed by atoms with Crippen molar-refractivity contribution in [2.45, 2.75) is 18.5 Å². The van der Waals surface area contributed by atoms with Crippen molar-refractivity contribution >= 4 is 46.6 Å². The highest BCUT2D eigenvalue weighted by atomic mass is 35.5. The molecule has 2 heterocycles. The Kier molecular flexibility index (Phi) is 5.56. The monoisotopic (exact) mass is 423 g/mol. The predicted molar refractivity (Wildman–Crippen MR) is 117 cm³/mol. The third kappa shape index (κ3) is 4.13. The van der Waals surface area contributed by atoms with Crippen molar-refractivity contribution in [3.8, 4) is 0 Å². The lowest BCUT2D eigenvalue weighted by atomic mass is 10.1. The average molecular weight is 424 g/mol. The number of fused-ring (bicyclic) bond motifs is 1. The number of amides is 2. The number of halogens is 1. The summed E-state index contributed by atoms with van der Waals surface area (Å²) in [5, 5.41) is 4.36. The number of aromatic nitrogens is 1. The number of carbonyl (C=O) groups excluding carboxylic acids is 2. The zero-order chi connectivity index (χ0) is 20.4. The van der Waals surface area contributed by atoms with Gasteiger partial charge >= 0.3 is 0 Å². The smallest absolute Gasteiger partial charge is 0.255 e. The molecule has 1 aliphatic heterocycles. The largest absolute Gasteiger partial charge is 0.322 e. The fraction of sp³-hybridized carbons (Fsp3) is 0.136. The molecule has 2 amide bonds. The summed E-state index contributed by atoms with van der Waals surface area (Å²) >= 11 is 7.57. The summed E-state index contributed by atoms with van der Waals surface area (Å²) in [5.41, 5.74) is 3.82. The minimum Gasteiger partial charge on any atom is -0.322 e. The van der Waals surface area contributed by atoms with Gasteiger partial charge in [0.15, 0.2) is 0 Å². The van der Waals surface area contributed by atoms with Crippen LogP contribution in [-0.2, 0) is 11.3 Å². The van der Waals surface area contributed by atoms with Crippen molar-refractivity contribution in [3.05, 3.63) is 82.5 Å². The number of hydrogen-bond acceptors (Lipinski definition) is 4. The minimum atomic E-state index is -0.207. The van der Waals surface area contributed by atoms with Crippen LogP contribution in [0.1, 0.15) is 21.5 Å². The van der Waals surface area contributed by atoms with Crippen LogP contribution in [0.4, 0.5) is 11.4 Å². The molecule has 3 aromatic rings. The molecule has 5 nitrogen and oxygen atoms in total. The van der Waals surface area contributed by atoms with Gasteiger partial charge in [-0.1, -0.05) is 41.6 Å². The van der Waals surface area contributed by atoms with Crippen molar-refractivity contribution in [1.82, 2.24) is 4.98 Å². The maximum absolute atomic E-state index is 12.6. The van der Waals surface area contributed by atoms with Crippen molar-refractivity contribution in [2.24, 2.45) is 0 Å². The van der Waals surface area contributed by atoms with Crippen LogP contribution in [-0.4, -0.2) is 22.6 Å². The van der Waals surface area contributed by atoms with Gasteiger partial charge in [0.25, 0.3) is 5.91 Å². The van der Waals surface area contributed by atoms with E-state index in [0.29, 0.717) is 28.6 Å². The van der Waals surface area contributed by atoms with Gasteiger partial charge in [-0.2, -0.15) is 0 Å². The minimum absolute atomic E-state index is 0.0498. The van der Waals surface area contributed by atoms with Crippen molar-refractivity contribution in [1.29, 1.82) is 0 Å². The average Bonchev–Trinajstić information content (AvgIpc) is 2.74. The third-order valence-electron chi connectivity index (χ3n) is 4.75. The maximum atomic E-state index is 12.6. The van der Waals surface area contributed by atoms with Crippen molar-refractivity contribution < 1.29 is 9.59 Å². The van der Waals surface area contributed by atoms with Gasteiger partial charge in [0, 0.05) is 22.5 Å². The van der Waals surface area contributed by atoms with Gasteiger partial charge < -0.3 is 10.2 Å². The van der Waals surface area contributed by atoms with Crippen molar-refractivity contribution in [2.75, 3.05) is 16.0 Å². The van der Waals surface area contributed by atoms with E-state index in [1.165, 1.54) is 11.8 Å². The number of carbonyl (C=O) groups is 2. The number of nitrogens with one attached hydrogen (secondary N) is 1. The molecule has 1 aliphatic rings. The molecule has 0 spiro atoms. The molecule has 2 aromatic carbocycles. The van der Waals surface area contributed by atoms with Crippen LogP contribution >= 0.6 is 23.4 Å². The summed E-state index contributed by atoms with van der Waals surface area (Å²) in [5.74, 6) is 0.222. The van der Waals surface area contributed by atoms with Gasteiger partial charge in [0.05, 0.1) is 18.0 Å².